The van der Waals surface area contributed by atoms with E-state index in [0.29, 0.717) is 17.9 Å². The maximum absolute atomic E-state index is 11.0. The van der Waals surface area contributed by atoms with Gasteiger partial charge in [0.05, 0.1) is 0 Å². The number of ketones is 1. The molecule has 3 heteroatoms. The average Bonchev–Trinajstić information content (AvgIpc) is 2.19. The molecule has 0 fully saturated rings. The van der Waals surface area contributed by atoms with E-state index in [2.05, 4.69) is 21.8 Å². The molecule has 3 nitrogen and oxygen atoms in total. The first-order valence-corrected chi connectivity index (χ1v) is 4.48. The molecule has 0 radical (unpaired) electrons. The fourth-order valence-electron chi connectivity index (χ4n) is 0.874. The zero-order chi connectivity index (χ0) is 10.6. The van der Waals surface area contributed by atoms with Gasteiger partial charge < -0.3 is 0 Å². The van der Waals surface area contributed by atoms with Gasteiger partial charge in [0.25, 0.3) is 0 Å². The molecule has 0 unspecified atom stereocenters. The van der Waals surface area contributed by atoms with Crippen molar-refractivity contribution in [3.05, 3.63) is 23.3 Å². The summed E-state index contributed by atoms with van der Waals surface area (Å²) in [6, 6.07) is 0. The van der Waals surface area contributed by atoms with Gasteiger partial charge in [-0.25, -0.2) is 9.97 Å². The molecule has 0 aliphatic heterocycles. The number of hydrogen-bond donors (Lipinski definition) is 0. The van der Waals surface area contributed by atoms with Crippen LogP contribution in [0, 0.1) is 25.7 Å². The van der Waals surface area contributed by atoms with E-state index in [-0.39, 0.29) is 5.78 Å². The van der Waals surface area contributed by atoms with Crippen molar-refractivity contribution in [2.75, 3.05) is 0 Å². The van der Waals surface area contributed by atoms with Gasteiger partial charge in [-0.15, -0.1) is 0 Å². The fourth-order valence-corrected chi connectivity index (χ4v) is 0.874. The summed E-state index contributed by atoms with van der Waals surface area (Å²) in [5.41, 5.74) is 1.53. The minimum absolute atomic E-state index is 0.0688. The summed E-state index contributed by atoms with van der Waals surface area (Å²) in [5, 5.41) is 0. The summed E-state index contributed by atoms with van der Waals surface area (Å²) in [5.74, 6) is 5.89. The minimum Gasteiger partial charge on any atom is -0.285 e. The highest BCUT2D eigenvalue weighted by Crippen LogP contribution is 2.00. The summed E-state index contributed by atoms with van der Waals surface area (Å²) in [7, 11) is 0. The maximum Gasteiger partial charge on any atom is 0.205 e. The maximum atomic E-state index is 11.0. The van der Waals surface area contributed by atoms with Gasteiger partial charge in [-0.05, 0) is 25.7 Å². The van der Waals surface area contributed by atoms with Crippen molar-refractivity contribution in [1.29, 1.82) is 0 Å². The van der Waals surface area contributed by atoms with Gasteiger partial charge in [-0.1, -0.05) is 6.92 Å². The molecule has 0 atom stereocenters. The van der Waals surface area contributed by atoms with Crippen LogP contribution in [0.4, 0.5) is 0 Å². The van der Waals surface area contributed by atoms with Crippen LogP contribution >= 0.6 is 0 Å². The Morgan fingerprint density at radius 3 is 2.86 bits per heavy atom. The Morgan fingerprint density at radius 1 is 1.50 bits per heavy atom. The predicted molar refractivity (Wildman–Crippen MR) is 53.7 cm³/mol. The SMILES string of the molecule is CCC(=O)C#Cc1nc(C)ncc1C. The highest BCUT2D eigenvalue weighted by atomic mass is 16.1. The third-order valence-corrected chi connectivity index (χ3v) is 1.73. The Balaban J connectivity index is 3.00. The number of hydrogen-bond acceptors (Lipinski definition) is 3. The van der Waals surface area contributed by atoms with Crippen LogP contribution in [-0.4, -0.2) is 15.8 Å². The molecule has 0 aliphatic carbocycles. The number of rotatable bonds is 1. The minimum atomic E-state index is -0.0688. The van der Waals surface area contributed by atoms with E-state index in [1.807, 2.05) is 6.92 Å². The molecule has 14 heavy (non-hydrogen) atoms. The largest absolute Gasteiger partial charge is 0.285 e. The van der Waals surface area contributed by atoms with Gasteiger partial charge in [-0.2, -0.15) is 0 Å². The van der Waals surface area contributed by atoms with E-state index in [9.17, 15) is 4.79 Å². The first-order valence-electron chi connectivity index (χ1n) is 4.48. The van der Waals surface area contributed by atoms with Gasteiger partial charge in [0, 0.05) is 18.2 Å². The van der Waals surface area contributed by atoms with Crippen LogP contribution in [0.5, 0.6) is 0 Å². The van der Waals surface area contributed by atoms with Gasteiger partial charge in [0.15, 0.2) is 0 Å². The van der Waals surface area contributed by atoms with Crippen molar-refractivity contribution in [2.45, 2.75) is 27.2 Å². The quantitative estimate of drug-likeness (QED) is 0.626. The number of carbonyl (C=O) groups excluding carboxylic acids is 1. The molecule has 1 heterocycles. The second-order valence-electron chi connectivity index (χ2n) is 2.98. The van der Waals surface area contributed by atoms with Crippen LogP contribution in [-0.2, 0) is 4.79 Å². The van der Waals surface area contributed by atoms with Gasteiger partial charge in [0.2, 0.25) is 5.78 Å². The molecule has 1 aromatic rings. The third-order valence-electron chi connectivity index (χ3n) is 1.73. The molecule has 0 saturated heterocycles. The van der Waals surface area contributed by atoms with E-state index in [0.717, 1.165) is 5.56 Å². The number of nitrogens with zero attached hydrogens (tertiary/aromatic N) is 2. The number of aromatic nitrogens is 2. The average molecular weight is 188 g/mol. The molecule has 72 valence electrons. The van der Waals surface area contributed by atoms with Gasteiger partial charge in [-0.3, -0.25) is 4.79 Å². The monoisotopic (exact) mass is 188 g/mol. The van der Waals surface area contributed by atoms with E-state index in [1.54, 1.807) is 20.0 Å². The summed E-state index contributed by atoms with van der Waals surface area (Å²) in [4.78, 5) is 19.1. The molecule has 0 aromatic carbocycles. The van der Waals surface area contributed by atoms with Crippen molar-refractivity contribution in [1.82, 2.24) is 9.97 Å². The lowest BCUT2D eigenvalue weighted by Gasteiger charge is -1.96. The number of carbonyl (C=O) groups is 1. The molecule has 0 N–H and O–H groups in total. The summed E-state index contributed by atoms with van der Waals surface area (Å²) < 4.78 is 0. The molecule has 0 spiro atoms. The van der Waals surface area contributed by atoms with Gasteiger partial charge >= 0.3 is 0 Å². The second-order valence-corrected chi connectivity index (χ2v) is 2.98. The van der Waals surface area contributed by atoms with Crippen LogP contribution in [0.3, 0.4) is 0 Å². The Bertz CT molecular complexity index is 413. The summed E-state index contributed by atoms with van der Waals surface area (Å²) >= 11 is 0. The lowest BCUT2D eigenvalue weighted by atomic mass is 10.2. The van der Waals surface area contributed by atoms with Crippen LogP contribution in [0.15, 0.2) is 6.20 Å². The Labute approximate surface area is 83.6 Å². The highest BCUT2D eigenvalue weighted by molar-refractivity contribution is 5.95. The van der Waals surface area contributed by atoms with Crippen LogP contribution < -0.4 is 0 Å². The van der Waals surface area contributed by atoms with Crippen molar-refractivity contribution in [3.63, 3.8) is 0 Å². The van der Waals surface area contributed by atoms with Crippen LogP contribution in [0.2, 0.25) is 0 Å². The molecular weight excluding hydrogens is 176 g/mol. The van der Waals surface area contributed by atoms with Gasteiger partial charge in [0.1, 0.15) is 11.5 Å². The molecule has 0 aliphatic rings. The smallest absolute Gasteiger partial charge is 0.205 e. The Kier molecular flexibility index (Phi) is 3.35. The standard InChI is InChI=1S/C11H12N2O/c1-4-10(14)5-6-11-8(2)7-12-9(3)13-11/h7H,4H2,1-3H3. The number of Topliss-reactive ketones (excluding diaryl/α,β-unsaturated/α-hetero) is 1. The lowest BCUT2D eigenvalue weighted by Crippen LogP contribution is -1.95. The summed E-state index contributed by atoms with van der Waals surface area (Å²) in [6.45, 7) is 5.46. The molecule has 1 aromatic heterocycles. The Hall–Kier alpha value is -1.69. The molecule has 1 rings (SSSR count). The zero-order valence-electron chi connectivity index (χ0n) is 8.59. The second kappa shape index (κ2) is 4.52. The molecular formula is C11H12N2O. The predicted octanol–water partition coefficient (Wildman–Crippen LogP) is 1.42. The van der Waals surface area contributed by atoms with E-state index in [1.165, 1.54) is 0 Å². The van der Waals surface area contributed by atoms with Crippen molar-refractivity contribution in [3.8, 4) is 11.8 Å². The Morgan fingerprint density at radius 2 is 2.21 bits per heavy atom. The normalized spacial score (nSPS) is 9.07. The van der Waals surface area contributed by atoms with E-state index >= 15 is 0 Å². The van der Waals surface area contributed by atoms with Crippen molar-refractivity contribution in [2.24, 2.45) is 0 Å². The van der Waals surface area contributed by atoms with E-state index < -0.39 is 0 Å². The fraction of sp³-hybridized carbons (Fsp3) is 0.364. The first-order chi connectivity index (χ1) is 6.63. The third kappa shape index (κ3) is 2.67. The van der Waals surface area contributed by atoms with Crippen LogP contribution in [0.1, 0.15) is 30.4 Å². The molecule has 0 saturated carbocycles. The number of aryl methyl sites for hydroxylation is 2. The van der Waals surface area contributed by atoms with E-state index in [4.69, 9.17) is 0 Å². The summed E-state index contributed by atoms with van der Waals surface area (Å²) in [6.07, 6.45) is 2.15. The van der Waals surface area contributed by atoms with Crippen LogP contribution in [0.25, 0.3) is 0 Å². The van der Waals surface area contributed by atoms with Crippen molar-refractivity contribution < 1.29 is 4.79 Å². The highest BCUT2D eigenvalue weighted by Gasteiger charge is 1.97. The topological polar surface area (TPSA) is 42.9 Å². The van der Waals surface area contributed by atoms with Crippen molar-refractivity contribution >= 4 is 5.78 Å². The molecule has 0 bridgehead atoms. The first kappa shape index (κ1) is 10.4. The molecule has 0 amide bonds. The lowest BCUT2D eigenvalue weighted by molar-refractivity contribution is -0.113. The zero-order valence-corrected chi connectivity index (χ0v) is 8.59.